The Bertz CT molecular complexity index is 315. The fourth-order valence-corrected chi connectivity index (χ4v) is 4.49. The van der Waals surface area contributed by atoms with E-state index in [1.165, 1.54) is 70.6 Å². The van der Waals surface area contributed by atoms with Gasteiger partial charge in [-0.1, -0.05) is 121 Å². The molecular formula is C27H57Y-. The second-order valence-corrected chi connectivity index (χ2v) is 10.8. The first-order valence-corrected chi connectivity index (χ1v) is 12.3. The molecule has 0 aromatic heterocycles. The van der Waals surface area contributed by atoms with Crippen molar-refractivity contribution in [3.8, 4) is 0 Å². The summed E-state index contributed by atoms with van der Waals surface area (Å²) >= 11 is 0. The van der Waals surface area contributed by atoms with Crippen LogP contribution in [0, 0.1) is 35.5 Å². The van der Waals surface area contributed by atoms with Crippen molar-refractivity contribution in [3.05, 3.63) is 6.92 Å². The van der Waals surface area contributed by atoms with Crippen molar-refractivity contribution in [2.24, 2.45) is 28.6 Å². The van der Waals surface area contributed by atoms with Gasteiger partial charge in [-0.15, -0.1) is 0 Å². The zero-order chi connectivity index (χ0) is 21.5. The van der Waals surface area contributed by atoms with Crippen LogP contribution >= 0.6 is 0 Å². The van der Waals surface area contributed by atoms with Crippen LogP contribution in [-0.2, 0) is 32.7 Å². The summed E-state index contributed by atoms with van der Waals surface area (Å²) in [5, 5.41) is 0. The van der Waals surface area contributed by atoms with Crippen molar-refractivity contribution >= 4 is 0 Å². The van der Waals surface area contributed by atoms with E-state index in [0.717, 1.165) is 17.8 Å². The molecule has 0 nitrogen and oxygen atoms in total. The van der Waals surface area contributed by atoms with Crippen LogP contribution in [0.25, 0.3) is 0 Å². The number of hydrogen-bond donors (Lipinski definition) is 0. The monoisotopic (exact) mass is 470 g/mol. The molecule has 28 heavy (non-hydrogen) atoms. The fraction of sp³-hybridized carbons (Fsp3) is 0.963. The van der Waals surface area contributed by atoms with E-state index < -0.39 is 0 Å². The molecule has 0 bridgehead atoms. The SMILES string of the molecule is CCCC(C(C)C)C(C)CC.[CH2-]C(C)(C)CCCC(C)(CCC)CCCC.[Y]. The molecule has 0 rings (SSSR count). The molecule has 0 heterocycles. The summed E-state index contributed by atoms with van der Waals surface area (Å²) in [5.41, 5.74) is 0.855. The van der Waals surface area contributed by atoms with E-state index in [4.69, 9.17) is 0 Å². The summed E-state index contributed by atoms with van der Waals surface area (Å²) in [6.45, 7) is 27.5. The Hall–Kier alpha value is 1.10. The van der Waals surface area contributed by atoms with Crippen molar-refractivity contribution in [1.82, 2.24) is 0 Å². The maximum Gasteiger partial charge on any atom is 0 e. The summed E-state index contributed by atoms with van der Waals surface area (Å²) in [5.74, 6) is 2.73. The maximum atomic E-state index is 4.20. The third-order valence-corrected chi connectivity index (χ3v) is 6.47. The second kappa shape index (κ2) is 18.8. The third kappa shape index (κ3) is 19.1. The fourth-order valence-electron chi connectivity index (χ4n) is 4.49. The molecule has 0 saturated heterocycles. The molecule has 0 fully saturated rings. The Morgan fingerprint density at radius 3 is 1.61 bits per heavy atom. The first kappa shape index (κ1) is 33.7. The molecule has 0 spiro atoms. The van der Waals surface area contributed by atoms with Crippen LogP contribution in [0.1, 0.15) is 140 Å². The Morgan fingerprint density at radius 2 is 1.25 bits per heavy atom. The second-order valence-electron chi connectivity index (χ2n) is 10.8. The van der Waals surface area contributed by atoms with Gasteiger partial charge in [-0.2, -0.15) is 5.41 Å². The van der Waals surface area contributed by atoms with E-state index in [0.29, 0.717) is 5.41 Å². The first-order chi connectivity index (χ1) is 12.5. The molecular weight excluding hydrogens is 413 g/mol. The quantitative estimate of drug-likeness (QED) is 0.222. The molecule has 1 heteroatoms. The Labute approximate surface area is 207 Å². The van der Waals surface area contributed by atoms with E-state index in [-0.39, 0.29) is 38.1 Å². The molecule has 0 saturated carbocycles. The normalized spacial score (nSPS) is 15.9. The van der Waals surface area contributed by atoms with Gasteiger partial charge in [-0.3, -0.25) is 0 Å². The van der Waals surface area contributed by atoms with Gasteiger partial charge in [0.1, 0.15) is 0 Å². The Morgan fingerprint density at radius 1 is 0.714 bits per heavy atom. The Kier molecular flexibility index (Phi) is 22.7. The van der Waals surface area contributed by atoms with Crippen molar-refractivity contribution in [2.45, 2.75) is 140 Å². The number of hydrogen-bond acceptors (Lipinski definition) is 0. The van der Waals surface area contributed by atoms with Crippen LogP contribution in [0.3, 0.4) is 0 Å². The number of rotatable bonds is 14. The van der Waals surface area contributed by atoms with Crippen LogP contribution < -0.4 is 0 Å². The summed E-state index contributed by atoms with van der Waals surface area (Å²) in [7, 11) is 0. The van der Waals surface area contributed by atoms with Crippen molar-refractivity contribution in [1.29, 1.82) is 0 Å². The molecule has 3 unspecified atom stereocenters. The van der Waals surface area contributed by atoms with Crippen LogP contribution in [0.5, 0.6) is 0 Å². The van der Waals surface area contributed by atoms with Gasteiger partial charge in [0.05, 0.1) is 0 Å². The van der Waals surface area contributed by atoms with Gasteiger partial charge < -0.3 is 6.92 Å². The van der Waals surface area contributed by atoms with Crippen molar-refractivity contribution in [2.75, 3.05) is 0 Å². The van der Waals surface area contributed by atoms with E-state index >= 15 is 0 Å². The smallest absolute Gasteiger partial charge is 0 e. The molecule has 0 aliphatic heterocycles. The molecule has 3 atom stereocenters. The van der Waals surface area contributed by atoms with Gasteiger partial charge in [0.2, 0.25) is 0 Å². The predicted octanol–water partition coefficient (Wildman–Crippen LogP) is 10.1. The zero-order valence-corrected chi connectivity index (χ0v) is 24.6. The topological polar surface area (TPSA) is 0 Å². The molecule has 0 amide bonds. The minimum Gasteiger partial charge on any atom is -0.338 e. The molecule has 169 valence electrons. The molecule has 0 aromatic rings. The summed E-state index contributed by atoms with van der Waals surface area (Å²) in [4.78, 5) is 0. The minimum atomic E-state index is 0. The predicted molar refractivity (Wildman–Crippen MR) is 128 cm³/mol. The van der Waals surface area contributed by atoms with E-state index in [9.17, 15) is 0 Å². The standard InChI is InChI=1S/C16H33.C11H24.Y/c1-7-9-13-16(6,11-8-2)14-10-12-15(3,4)5;1-6-8-11(9(3)4)10(5)7-2;/h3,7-14H2,1-2,4-6H3;9-11H,6-8H2,1-5H3;/q-1;;. The maximum absolute atomic E-state index is 4.20. The zero-order valence-electron chi connectivity index (χ0n) is 21.8. The van der Waals surface area contributed by atoms with E-state index in [1.54, 1.807) is 0 Å². The third-order valence-electron chi connectivity index (χ3n) is 6.47. The molecule has 0 aromatic carbocycles. The van der Waals surface area contributed by atoms with Gasteiger partial charge >= 0.3 is 0 Å². The van der Waals surface area contributed by atoms with Gasteiger partial charge in [0, 0.05) is 32.7 Å². The van der Waals surface area contributed by atoms with E-state index in [2.05, 4.69) is 76.2 Å². The molecule has 0 aliphatic carbocycles. The number of unbranched alkanes of at least 4 members (excludes halogenated alkanes) is 1. The van der Waals surface area contributed by atoms with Gasteiger partial charge in [0.15, 0.2) is 0 Å². The van der Waals surface area contributed by atoms with Crippen LogP contribution in [-0.4, -0.2) is 0 Å². The molecule has 0 aliphatic rings. The largest absolute Gasteiger partial charge is 0.338 e. The van der Waals surface area contributed by atoms with Gasteiger partial charge in [-0.05, 0) is 42.4 Å². The summed E-state index contributed by atoms with van der Waals surface area (Å²) < 4.78 is 0. The molecule has 1 radical (unpaired) electrons. The van der Waals surface area contributed by atoms with Crippen LogP contribution in [0.4, 0.5) is 0 Å². The van der Waals surface area contributed by atoms with Gasteiger partial charge in [0.25, 0.3) is 0 Å². The summed E-state index contributed by atoms with van der Waals surface area (Å²) in [6, 6.07) is 0. The molecule has 0 N–H and O–H groups in total. The summed E-state index contributed by atoms with van der Waals surface area (Å²) in [6.07, 6.45) is 14.9. The minimum absolute atomic E-state index is 0. The van der Waals surface area contributed by atoms with Gasteiger partial charge in [-0.25, -0.2) is 0 Å². The van der Waals surface area contributed by atoms with Crippen molar-refractivity contribution in [3.63, 3.8) is 0 Å². The average Bonchev–Trinajstić information content (AvgIpc) is 2.56. The Balaban J connectivity index is -0.000000460. The first-order valence-electron chi connectivity index (χ1n) is 12.3. The van der Waals surface area contributed by atoms with Crippen LogP contribution in [0.15, 0.2) is 0 Å². The van der Waals surface area contributed by atoms with E-state index in [1.807, 2.05) is 0 Å². The average molecular weight is 471 g/mol. The van der Waals surface area contributed by atoms with Crippen LogP contribution in [0.2, 0.25) is 0 Å². The van der Waals surface area contributed by atoms with Crippen molar-refractivity contribution < 1.29 is 32.7 Å².